The SMILES string of the molecule is O=C1c2cccc3c2C(=O)[C@]2(CSSCNC4=CC5=C(CC[C@H]6CCC[C@]56C[C@]5(O)[C@H](O)[C@@H](CO)O[C@@H](O3)[C@@H]5O)CN4)C(O)=CC(Cc3cccc(CO)c3)=C[C@H]12. The van der Waals surface area contributed by atoms with Gasteiger partial charge in [0.2, 0.25) is 6.29 Å². The molecule has 14 heteroatoms. The lowest BCUT2D eigenvalue weighted by molar-refractivity contribution is -0.320. The molecule has 6 bridgehead atoms. The summed E-state index contributed by atoms with van der Waals surface area (Å²) in [6.45, 7) is -0.204. The molecule has 2 aromatic carbocycles. The molecule has 12 nitrogen and oxygen atoms in total. The van der Waals surface area contributed by atoms with E-state index in [0.29, 0.717) is 24.4 Å². The Morgan fingerprint density at radius 1 is 0.965 bits per heavy atom. The number of aliphatic hydroxyl groups is 6. The maximum absolute atomic E-state index is 15.2. The first-order chi connectivity index (χ1) is 27.5. The van der Waals surface area contributed by atoms with Crippen molar-refractivity contribution in [2.24, 2.45) is 22.7 Å². The minimum atomic E-state index is -2.19. The van der Waals surface area contributed by atoms with Gasteiger partial charge in [0.1, 0.15) is 40.8 Å². The Hall–Kier alpha value is -3.60. The quantitative estimate of drug-likeness (QED) is 0.206. The van der Waals surface area contributed by atoms with Gasteiger partial charge in [-0.05, 0) is 90.5 Å². The maximum atomic E-state index is 15.2. The van der Waals surface area contributed by atoms with E-state index in [1.807, 2.05) is 24.3 Å². The molecule has 0 amide bonds. The molecule has 3 aliphatic heterocycles. The number of carbonyl (C=O) groups is 2. The van der Waals surface area contributed by atoms with E-state index in [0.717, 1.165) is 54.6 Å². The van der Waals surface area contributed by atoms with Gasteiger partial charge in [-0.3, -0.25) is 9.59 Å². The topological polar surface area (TPSA) is 198 Å². The van der Waals surface area contributed by atoms with Gasteiger partial charge in [-0.15, -0.1) is 0 Å². The highest BCUT2D eigenvalue weighted by molar-refractivity contribution is 8.76. The third kappa shape index (κ3) is 6.21. The zero-order chi connectivity index (χ0) is 39.7. The van der Waals surface area contributed by atoms with Crippen LogP contribution in [0.1, 0.15) is 70.4 Å². The highest BCUT2D eigenvalue weighted by atomic mass is 33.1. The Bertz CT molecular complexity index is 2120. The number of nitrogens with one attached hydrogen (secondary N) is 2. The molecule has 4 aliphatic carbocycles. The summed E-state index contributed by atoms with van der Waals surface area (Å²) in [6.07, 6.45) is 3.70. The van der Waals surface area contributed by atoms with Crippen molar-refractivity contribution in [1.29, 1.82) is 0 Å². The molecule has 1 saturated heterocycles. The fourth-order valence-corrected chi connectivity index (χ4v) is 13.0. The van der Waals surface area contributed by atoms with Gasteiger partial charge in [0.15, 0.2) is 11.6 Å². The lowest BCUT2D eigenvalue weighted by Crippen LogP contribution is -2.69. The Balaban J connectivity index is 1.15. The van der Waals surface area contributed by atoms with Gasteiger partial charge in [0.25, 0.3) is 0 Å². The number of aliphatic hydroxyl groups excluding tert-OH is 5. The van der Waals surface area contributed by atoms with E-state index in [1.54, 1.807) is 24.3 Å². The minimum absolute atomic E-state index is 0.00727. The maximum Gasteiger partial charge on any atom is 0.229 e. The fourth-order valence-electron chi connectivity index (χ4n) is 10.7. The number of hydrogen-bond donors (Lipinski definition) is 8. The smallest absolute Gasteiger partial charge is 0.229 e. The van der Waals surface area contributed by atoms with Crippen LogP contribution in [0.2, 0.25) is 0 Å². The van der Waals surface area contributed by atoms with Crippen LogP contribution in [-0.4, -0.2) is 97.2 Å². The zero-order valence-corrected chi connectivity index (χ0v) is 33.0. The summed E-state index contributed by atoms with van der Waals surface area (Å²) >= 11 is 0. The normalized spacial score (nSPS) is 36.2. The largest absolute Gasteiger partial charge is 0.511 e. The monoisotopic (exact) mass is 816 g/mol. The van der Waals surface area contributed by atoms with Crippen molar-refractivity contribution < 1.29 is 49.7 Å². The lowest BCUT2D eigenvalue weighted by atomic mass is 9.58. The molecular formula is C43H48N2O10S2. The van der Waals surface area contributed by atoms with Crippen LogP contribution in [0.25, 0.3) is 0 Å². The summed E-state index contributed by atoms with van der Waals surface area (Å²) in [5, 5.41) is 75.6. The third-order valence-electron chi connectivity index (χ3n) is 13.6. The Labute approximate surface area is 338 Å². The molecule has 0 aromatic heterocycles. The first kappa shape index (κ1) is 38.9. The predicted molar refractivity (Wildman–Crippen MR) is 214 cm³/mol. The summed E-state index contributed by atoms with van der Waals surface area (Å²) in [6, 6.07) is 12.0. The summed E-state index contributed by atoms with van der Waals surface area (Å²) in [7, 11) is 2.83. The fraction of sp³-hybridized carbons (Fsp3) is 0.488. The van der Waals surface area contributed by atoms with Gasteiger partial charge in [0.05, 0.1) is 36.4 Å². The summed E-state index contributed by atoms with van der Waals surface area (Å²) < 4.78 is 12.3. The first-order valence-corrected chi connectivity index (χ1v) is 22.2. The lowest BCUT2D eigenvalue weighted by Gasteiger charge is -2.53. The number of benzene rings is 2. The van der Waals surface area contributed by atoms with Gasteiger partial charge in [-0.25, -0.2) is 0 Å². The summed E-state index contributed by atoms with van der Waals surface area (Å²) in [4.78, 5) is 29.8. The Kier molecular flexibility index (Phi) is 10.2. The number of hydrogen-bond acceptors (Lipinski definition) is 14. The summed E-state index contributed by atoms with van der Waals surface area (Å²) in [5.41, 5.74) is 0.121. The minimum Gasteiger partial charge on any atom is -0.511 e. The second kappa shape index (κ2) is 14.9. The molecule has 7 aliphatic rings. The van der Waals surface area contributed by atoms with Crippen molar-refractivity contribution in [3.05, 3.63) is 111 Å². The van der Waals surface area contributed by atoms with Crippen molar-refractivity contribution in [2.45, 2.75) is 81.8 Å². The molecule has 0 unspecified atom stereocenters. The number of fused-ring (bicyclic) bond motifs is 2. The summed E-state index contributed by atoms with van der Waals surface area (Å²) in [5.74, 6) is -0.858. The first-order valence-electron chi connectivity index (χ1n) is 19.7. The van der Waals surface area contributed by atoms with Crippen molar-refractivity contribution in [3.8, 4) is 5.75 Å². The average Bonchev–Trinajstić information content (AvgIpc) is 3.64. The van der Waals surface area contributed by atoms with Gasteiger partial charge >= 0.3 is 0 Å². The standard InChI is InChI=1S/C43H48N2O10S2/c46-18-24-5-1-4-23(12-24)13-25-14-30-36(49)28-7-2-8-31-35(28)38(51)42(30,33(48)15-25)21-56-57-22-45-34-16-29-26(17-44-34)9-10-27-6-3-11-41(27,29)20-43(53)37(50)32(19-47)55-40(54-31)39(43)52/h1-2,4-5,7-8,12,14-16,27,30,32,37,39-40,44-48,50,52-53H,3,6,9-11,13,17-22H2/t27-,30-,32-,37-,39+,40-,41-,42+,43+/m1/s1. The van der Waals surface area contributed by atoms with Crippen LogP contribution in [0.4, 0.5) is 0 Å². The number of Topliss-reactive ketones (excluding diaryl/α,β-unsaturated/α-hetero) is 2. The molecule has 3 heterocycles. The Morgan fingerprint density at radius 3 is 2.61 bits per heavy atom. The molecule has 9 rings (SSSR count). The van der Waals surface area contributed by atoms with Crippen LogP contribution in [0, 0.1) is 22.7 Å². The molecule has 8 N–H and O–H groups in total. The van der Waals surface area contributed by atoms with Crippen molar-refractivity contribution in [1.82, 2.24) is 10.6 Å². The number of rotatable bonds is 4. The highest BCUT2D eigenvalue weighted by Crippen LogP contribution is 2.61. The van der Waals surface area contributed by atoms with Crippen LogP contribution in [0.15, 0.2) is 89.0 Å². The highest BCUT2D eigenvalue weighted by Gasteiger charge is 2.63. The van der Waals surface area contributed by atoms with Gasteiger partial charge in [0, 0.05) is 23.3 Å². The van der Waals surface area contributed by atoms with Gasteiger partial charge in [-0.2, -0.15) is 0 Å². The molecule has 9 atom stereocenters. The van der Waals surface area contributed by atoms with Crippen LogP contribution in [0.3, 0.4) is 0 Å². The third-order valence-corrected chi connectivity index (χ3v) is 15.8. The van der Waals surface area contributed by atoms with E-state index in [9.17, 15) is 35.4 Å². The van der Waals surface area contributed by atoms with Crippen molar-refractivity contribution in [2.75, 3.05) is 24.8 Å². The number of allylic oxidation sites excluding steroid dienone is 6. The van der Waals surface area contributed by atoms with Crippen LogP contribution >= 0.6 is 21.6 Å². The van der Waals surface area contributed by atoms with E-state index in [4.69, 9.17) is 9.47 Å². The predicted octanol–water partition coefficient (Wildman–Crippen LogP) is 3.99. The molecule has 2 fully saturated rings. The van der Waals surface area contributed by atoms with E-state index in [1.165, 1.54) is 33.2 Å². The average molecular weight is 817 g/mol. The number of ether oxygens (including phenoxy) is 2. The van der Waals surface area contributed by atoms with E-state index < -0.39 is 65.1 Å². The van der Waals surface area contributed by atoms with Crippen molar-refractivity contribution in [3.63, 3.8) is 0 Å². The second-order valence-corrected chi connectivity index (χ2v) is 19.0. The molecule has 2 spiro atoms. The van der Waals surface area contributed by atoms with Crippen molar-refractivity contribution >= 4 is 33.2 Å². The molecule has 57 heavy (non-hydrogen) atoms. The van der Waals surface area contributed by atoms with E-state index in [-0.39, 0.29) is 47.3 Å². The molecule has 302 valence electrons. The van der Waals surface area contributed by atoms with Crippen LogP contribution in [-0.2, 0) is 17.8 Å². The Morgan fingerprint density at radius 2 is 1.79 bits per heavy atom. The molecule has 2 aromatic rings. The van der Waals surface area contributed by atoms with Gasteiger partial charge < -0.3 is 50.7 Å². The number of dihydropyridines is 1. The van der Waals surface area contributed by atoms with Gasteiger partial charge in [-0.1, -0.05) is 70.5 Å². The second-order valence-electron chi connectivity index (χ2n) is 16.6. The molecule has 0 radical (unpaired) electrons. The van der Waals surface area contributed by atoms with E-state index >= 15 is 4.79 Å². The number of carbonyl (C=O) groups excluding carboxylic acids is 2. The molecular weight excluding hydrogens is 769 g/mol. The zero-order valence-electron chi connectivity index (χ0n) is 31.4. The molecule has 1 saturated carbocycles. The van der Waals surface area contributed by atoms with E-state index in [2.05, 4.69) is 16.7 Å². The van der Waals surface area contributed by atoms with Crippen LogP contribution in [0.5, 0.6) is 5.75 Å². The number of ketones is 2. The van der Waals surface area contributed by atoms with Crippen LogP contribution < -0.4 is 15.4 Å².